The largest absolute Gasteiger partial charge is 0.379 e. The fourth-order valence-corrected chi connectivity index (χ4v) is 6.64. The second-order valence-electron chi connectivity index (χ2n) is 8.61. The number of hydrogen-bond donors (Lipinski definition) is 0. The summed E-state index contributed by atoms with van der Waals surface area (Å²) in [6.07, 6.45) is 7.09. The Bertz CT molecular complexity index is 1040. The molecule has 2 heterocycles. The molecule has 0 N–H and O–H groups in total. The Kier molecular flexibility index (Phi) is 7.70. The third-order valence-electron chi connectivity index (χ3n) is 6.00. The summed E-state index contributed by atoms with van der Waals surface area (Å²) < 4.78 is 35.5. The summed E-state index contributed by atoms with van der Waals surface area (Å²) in [6, 6.07) is 7.47. The van der Waals surface area contributed by atoms with E-state index >= 15 is 0 Å². The number of aromatic nitrogens is 3. The molecule has 1 aromatic carbocycles. The van der Waals surface area contributed by atoms with Gasteiger partial charge in [-0.1, -0.05) is 61.7 Å². The fraction of sp³-hybridized carbons (Fsp3) is 0.565. The molecule has 0 amide bonds. The highest BCUT2D eigenvalue weighted by Crippen LogP contribution is 2.36. The minimum Gasteiger partial charge on any atom is -0.379 e. The number of morpholine rings is 1. The molecule has 0 bridgehead atoms. The normalized spacial score (nSPS) is 19.0. The van der Waals surface area contributed by atoms with Gasteiger partial charge in [0.05, 0.1) is 18.1 Å². The van der Waals surface area contributed by atoms with Crippen LogP contribution in [0.3, 0.4) is 0 Å². The van der Waals surface area contributed by atoms with Gasteiger partial charge in [0, 0.05) is 30.4 Å². The van der Waals surface area contributed by atoms with Gasteiger partial charge in [0.2, 0.25) is 10.0 Å². The molecule has 1 aliphatic heterocycles. The van der Waals surface area contributed by atoms with Gasteiger partial charge in [0.1, 0.15) is 0 Å². The van der Waals surface area contributed by atoms with Crippen molar-refractivity contribution in [2.24, 2.45) is 0 Å². The van der Waals surface area contributed by atoms with Crippen molar-refractivity contribution in [3.8, 4) is 11.4 Å². The summed E-state index contributed by atoms with van der Waals surface area (Å²) in [4.78, 5) is 0.295. The predicted molar refractivity (Wildman–Crippen MR) is 127 cm³/mol. The van der Waals surface area contributed by atoms with E-state index in [1.807, 2.05) is 13.0 Å². The van der Waals surface area contributed by atoms with Gasteiger partial charge in [-0.25, -0.2) is 8.42 Å². The highest BCUT2D eigenvalue weighted by molar-refractivity contribution is 7.99. The zero-order valence-electron chi connectivity index (χ0n) is 18.7. The first-order chi connectivity index (χ1) is 15.5. The smallest absolute Gasteiger partial charge is 0.243 e. The van der Waals surface area contributed by atoms with Gasteiger partial charge < -0.3 is 4.74 Å². The molecule has 4 rings (SSSR count). The Morgan fingerprint density at radius 1 is 1.16 bits per heavy atom. The van der Waals surface area contributed by atoms with E-state index in [0.717, 1.165) is 40.7 Å². The fourth-order valence-electron chi connectivity index (χ4n) is 4.34. The molecule has 9 heteroatoms. The monoisotopic (exact) mass is 476 g/mol. The molecule has 1 saturated carbocycles. The lowest BCUT2D eigenvalue weighted by atomic mass is 10.1. The van der Waals surface area contributed by atoms with Gasteiger partial charge >= 0.3 is 0 Å². The average Bonchev–Trinajstić information content (AvgIpc) is 3.04. The molecule has 174 valence electrons. The highest BCUT2D eigenvalue weighted by atomic mass is 32.2. The van der Waals surface area contributed by atoms with E-state index in [9.17, 15) is 8.42 Å². The molecule has 2 aromatic rings. The molecule has 1 aromatic heterocycles. The van der Waals surface area contributed by atoms with E-state index in [1.165, 1.54) is 30.0 Å². The summed E-state index contributed by atoms with van der Waals surface area (Å²) in [5.41, 5.74) is 1.88. The van der Waals surface area contributed by atoms with Crippen LogP contribution in [0.1, 0.15) is 51.5 Å². The third kappa shape index (κ3) is 5.27. The first-order valence-electron chi connectivity index (χ1n) is 11.4. The number of nitrogens with zero attached hydrogens (tertiary/aromatic N) is 4. The number of sulfonamides is 1. The lowest BCUT2D eigenvalue weighted by Gasteiger charge is -2.26. The van der Waals surface area contributed by atoms with Crippen molar-refractivity contribution in [3.63, 3.8) is 0 Å². The Balaban J connectivity index is 1.71. The van der Waals surface area contributed by atoms with Gasteiger partial charge in [0.15, 0.2) is 11.0 Å². The summed E-state index contributed by atoms with van der Waals surface area (Å²) in [5, 5.41) is 9.94. The van der Waals surface area contributed by atoms with Crippen LogP contribution in [-0.2, 0) is 14.8 Å². The lowest BCUT2D eigenvalue weighted by Crippen LogP contribution is -2.40. The van der Waals surface area contributed by atoms with Gasteiger partial charge in [-0.15, -0.1) is 10.2 Å². The standard InChI is InChI=1S/C23H32N4O3S2/c1-18(2)17-31-23-25-24-22(27(23)20-9-5-3-4-6-10-20)19-8-7-11-21(16-19)32(28,29)26-12-14-30-15-13-26/h7-8,11,16,20H,1,3-6,9-10,12-15,17H2,2H3. The quantitative estimate of drug-likeness (QED) is 0.332. The number of ether oxygens (including phenoxy) is 1. The van der Waals surface area contributed by atoms with Crippen LogP contribution in [-0.4, -0.2) is 59.5 Å². The van der Waals surface area contributed by atoms with E-state index in [1.54, 1.807) is 30.0 Å². The van der Waals surface area contributed by atoms with Crippen molar-refractivity contribution in [2.45, 2.75) is 61.5 Å². The molecule has 0 atom stereocenters. The highest BCUT2D eigenvalue weighted by Gasteiger charge is 2.28. The maximum atomic E-state index is 13.2. The predicted octanol–water partition coefficient (Wildman–Crippen LogP) is 4.53. The number of rotatable bonds is 7. The van der Waals surface area contributed by atoms with E-state index in [-0.39, 0.29) is 0 Å². The van der Waals surface area contributed by atoms with Crippen LogP contribution in [0, 0.1) is 0 Å². The van der Waals surface area contributed by atoms with Crippen LogP contribution in [0.4, 0.5) is 0 Å². The SMILES string of the molecule is C=C(C)CSc1nnc(-c2cccc(S(=O)(=O)N3CCOCC3)c2)n1C1CCCCCC1. The van der Waals surface area contributed by atoms with Crippen molar-refractivity contribution in [1.82, 2.24) is 19.1 Å². The lowest BCUT2D eigenvalue weighted by molar-refractivity contribution is 0.0730. The van der Waals surface area contributed by atoms with E-state index in [4.69, 9.17) is 4.74 Å². The summed E-state index contributed by atoms with van der Waals surface area (Å²) in [5.74, 6) is 1.54. The molecule has 32 heavy (non-hydrogen) atoms. The summed E-state index contributed by atoms with van der Waals surface area (Å²) in [6.45, 7) is 7.65. The molecule has 1 aliphatic carbocycles. The zero-order valence-corrected chi connectivity index (χ0v) is 20.3. The first kappa shape index (κ1) is 23.5. The maximum absolute atomic E-state index is 13.2. The van der Waals surface area contributed by atoms with Crippen molar-refractivity contribution in [2.75, 3.05) is 32.1 Å². The molecule has 7 nitrogen and oxygen atoms in total. The van der Waals surface area contributed by atoms with Crippen molar-refractivity contribution >= 4 is 21.8 Å². The van der Waals surface area contributed by atoms with Crippen molar-refractivity contribution < 1.29 is 13.2 Å². The second kappa shape index (κ2) is 10.5. The Labute approximate surface area is 195 Å². The Morgan fingerprint density at radius 2 is 1.88 bits per heavy atom. The zero-order chi connectivity index (χ0) is 22.6. The maximum Gasteiger partial charge on any atom is 0.243 e. The first-order valence-corrected chi connectivity index (χ1v) is 13.8. The van der Waals surface area contributed by atoms with Crippen LogP contribution in [0.5, 0.6) is 0 Å². The molecule has 2 fully saturated rings. The molecule has 0 radical (unpaired) electrons. The Hall–Kier alpha value is -1.68. The number of thioether (sulfide) groups is 1. The van der Waals surface area contributed by atoms with Gasteiger partial charge in [0.25, 0.3) is 0 Å². The number of hydrogen-bond acceptors (Lipinski definition) is 6. The molecule has 0 unspecified atom stereocenters. The van der Waals surface area contributed by atoms with Crippen molar-refractivity contribution in [1.29, 1.82) is 0 Å². The molecule has 1 saturated heterocycles. The average molecular weight is 477 g/mol. The van der Waals surface area contributed by atoms with Crippen LogP contribution < -0.4 is 0 Å². The van der Waals surface area contributed by atoms with Crippen LogP contribution in [0.2, 0.25) is 0 Å². The molecule has 2 aliphatic rings. The van der Waals surface area contributed by atoms with Gasteiger partial charge in [-0.3, -0.25) is 4.57 Å². The van der Waals surface area contributed by atoms with Crippen molar-refractivity contribution in [3.05, 3.63) is 36.4 Å². The van der Waals surface area contributed by atoms with Crippen LogP contribution >= 0.6 is 11.8 Å². The molecular weight excluding hydrogens is 444 g/mol. The topological polar surface area (TPSA) is 77.3 Å². The van der Waals surface area contributed by atoms with E-state index < -0.39 is 10.0 Å². The number of benzene rings is 1. The van der Waals surface area contributed by atoms with E-state index in [2.05, 4.69) is 21.3 Å². The van der Waals surface area contributed by atoms with Crippen LogP contribution in [0.15, 0.2) is 46.5 Å². The minimum atomic E-state index is -3.57. The summed E-state index contributed by atoms with van der Waals surface area (Å²) >= 11 is 1.65. The minimum absolute atomic E-state index is 0.295. The molecule has 0 spiro atoms. The van der Waals surface area contributed by atoms with Crippen LogP contribution in [0.25, 0.3) is 11.4 Å². The van der Waals surface area contributed by atoms with Gasteiger partial charge in [-0.05, 0) is 31.9 Å². The van der Waals surface area contributed by atoms with E-state index in [0.29, 0.717) is 37.2 Å². The third-order valence-corrected chi connectivity index (χ3v) is 9.07. The Morgan fingerprint density at radius 3 is 2.56 bits per heavy atom. The van der Waals surface area contributed by atoms with Gasteiger partial charge in [-0.2, -0.15) is 4.31 Å². The second-order valence-corrected chi connectivity index (χ2v) is 11.5. The molecular formula is C23H32N4O3S2. The summed E-state index contributed by atoms with van der Waals surface area (Å²) in [7, 11) is -3.57.